The summed E-state index contributed by atoms with van der Waals surface area (Å²) in [6.07, 6.45) is 2.52. The van der Waals surface area contributed by atoms with Crippen molar-refractivity contribution in [1.29, 1.82) is 0 Å². The Morgan fingerprint density at radius 2 is 2.00 bits per heavy atom. The van der Waals surface area contributed by atoms with Gasteiger partial charge in [-0.3, -0.25) is 9.88 Å². The largest absolute Gasteiger partial charge is 0.368 e. The van der Waals surface area contributed by atoms with Crippen LogP contribution in [-0.4, -0.2) is 74.5 Å². The number of anilines is 3. The van der Waals surface area contributed by atoms with Gasteiger partial charge in [-0.15, -0.1) is 11.3 Å². The zero-order chi connectivity index (χ0) is 22.9. The van der Waals surface area contributed by atoms with Crippen LogP contribution in [0.2, 0.25) is 0 Å². The average Bonchev–Trinajstić information content (AvgIpc) is 3.47. The molecular weight excluding hydrogens is 438 g/mol. The van der Waals surface area contributed by atoms with Gasteiger partial charge in [0, 0.05) is 32.2 Å². The second kappa shape index (κ2) is 9.06. The summed E-state index contributed by atoms with van der Waals surface area (Å²) in [5.41, 5.74) is 11.1. The van der Waals surface area contributed by atoms with E-state index in [4.69, 9.17) is 10.7 Å². The Morgan fingerprint density at radius 3 is 2.76 bits per heavy atom. The number of rotatable bonds is 4. The number of piperazine rings is 1. The number of hydrogen-bond donors (Lipinski definition) is 2. The van der Waals surface area contributed by atoms with Gasteiger partial charge in [0.15, 0.2) is 10.6 Å². The molecule has 33 heavy (non-hydrogen) atoms. The average molecular weight is 468 g/mol. The summed E-state index contributed by atoms with van der Waals surface area (Å²) in [7, 11) is 0. The fourth-order valence-corrected chi connectivity index (χ4v) is 5.28. The molecule has 0 spiro atoms. The normalized spacial score (nSPS) is 19.4. The minimum Gasteiger partial charge on any atom is -0.368 e. The Bertz CT molecular complexity index is 1160. The standard InChI is InChI=1S/C22H29N9OS/c1-14-11-30(9-10-31(14)19-18-20(33-13-24-18)28-21(23)27-19)22(32)26-17-6-5-16(25-15(17)2)12-29-7-3-4-8-29/h5-6,13-14H,3-4,7-12H2,1-2H3,(H,26,32)(H2,23,27,28). The highest BCUT2D eigenvalue weighted by atomic mass is 32.1. The fraction of sp³-hybridized carbons (Fsp3) is 0.500. The molecule has 3 N–H and O–H groups in total. The summed E-state index contributed by atoms with van der Waals surface area (Å²) in [6.45, 7) is 8.96. The predicted octanol–water partition coefficient (Wildman–Crippen LogP) is 2.71. The molecule has 0 radical (unpaired) electrons. The Kier molecular flexibility index (Phi) is 5.98. The number of nitrogens with one attached hydrogen (secondary N) is 1. The number of nitrogens with zero attached hydrogens (tertiary/aromatic N) is 7. The number of nitrogen functional groups attached to an aromatic ring is 1. The number of carbonyl (C=O) groups is 1. The maximum atomic E-state index is 13.0. The van der Waals surface area contributed by atoms with Gasteiger partial charge in [0.2, 0.25) is 5.95 Å². The van der Waals surface area contributed by atoms with E-state index >= 15 is 0 Å². The summed E-state index contributed by atoms with van der Waals surface area (Å²) < 4.78 is 0. The number of nitrogens with two attached hydrogens (primary N) is 1. The van der Waals surface area contributed by atoms with Crippen molar-refractivity contribution >= 4 is 45.2 Å². The van der Waals surface area contributed by atoms with Crippen LogP contribution in [0.3, 0.4) is 0 Å². The van der Waals surface area contributed by atoms with Gasteiger partial charge >= 0.3 is 6.03 Å². The zero-order valence-corrected chi connectivity index (χ0v) is 19.8. The van der Waals surface area contributed by atoms with Crippen molar-refractivity contribution in [3.8, 4) is 0 Å². The number of amides is 2. The van der Waals surface area contributed by atoms with E-state index in [2.05, 4.69) is 37.0 Å². The molecule has 0 aliphatic carbocycles. The van der Waals surface area contributed by atoms with Gasteiger partial charge in [-0.2, -0.15) is 4.98 Å². The molecule has 2 aliphatic rings. The molecule has 2 aliphatic heterocycles. The smallest absolute Gasteiger partial charge is 0.322 e. The van der Waals surface area contributed by atoms with E-state index in [1.807, 2.05) is 24.0 Å². The number of thiazole rings is 1. The van der Waals surface area contributed by atoms with Crippen LogP contribution in [0.5, 0.6) is 0 Å². The molecule has 2 fully saturated rings. The first-order valence-corrected chi connectivity index (χ1v) is 12.2. The van der Waals surface area contributed by atoms with Crippen LogP contribution in [0.15, 0.2) is 17.6 Å². The Hall–Kier alpha value is -3.05. The first-order valence-electron chi connectivity index (χ1n) is 11.4. The van der Waals surface area contributed by atoms with Gasteiger partial charge < -0.3 is 20.9 Å². The molecule has 0 saturated carbocycles. The van der Waals surface area contributed by atoms with Crippen molar-refractivity contribution in [2.24, 2.45) is 0 Å². The molecule has 0 bridgehead atoms. The molecule has 2 amide bonds. The first-order chi connectivity index (χ1) is 16.0. The highest BCUT2D eigenvalue weighted by Crippen LogP contribution is 2.29. The fourth-order valence-electron chi connectivity index (χ4n) is 4.62. The van der Waals surface area contributed by atoms with Crippen molar-refractivity contribution in [3.63, 3.8) is 0 Å². The highest BCUT2D eigenvalue weighted by Gasteiger charge is 2.30. The molecule has 1 atom stereocenters. The molecule has 3 aromatic rings. The van der Waals surface area contributed by atoms with E-state index in [1.165, 1.54) is 24.2 Å². The van der Waals surface area contributed by atoms with E-state index in [-0.39, 0.29) is 18.0 Å². The highest BCUT2D eigenvalue weighted by molar-refractivity contribution is 7.16. The van der Waals surface area contributed by atoms with Gasteiger partial charge in [-0.05, 0) is 51.9 Å². The molecule has 0 aromatic carbocycles. The number of urea groups is 1. The number of aromatic nitrogens is 4. The third kappa shape index (κ3) is 4.55. The van der Waals surface area contributed by atoms with Crippen LogP contribution in [0, 0.1) is 6.92 Å². The van der Waals surface area contributed by atoms with E-state index in [9.17, 15) is 4.79 Å². The number of aryl methyl sites for hydroxylation is 1. The Morgan fingerprint density at radius 1 is 1.18 bits per heavy atom. The minimum absolute atomic E-state index is 0.0609. The van der Waals surface area contributed by atoms with Crippen molar-refractivity contribution in [3.05, 3.63) is 29.0 Å². The van der Waals surface area contributed by atoms with E-state index < -0.39 is 0 Å². The summed E-state index contributed by atoms with van der Waals surface area (Å²) in [6, 6.07) is 3.93. The van der Waals surface area contributed by atoms with Gasteiger partial charge in [-0.25, -0.2) is 14.8 Å². The van der Waals surface area contributed by atoms with Gasteiger partial charge in [0.25, 0.3) is 0 Å². The summed E-state index contributed by atoms with van der Waals surface area (Å²) >= 11 is 1.45. The Labute approximate surface area is 196 Å². The second-order valence-electron chi connectivity index (χ2n) is 8.75. The maximum absolute atomic E-state index is 13.0. The first kappa shape index (κ1) is 21.8. The van der Waals surface area contributed by atoms with Crippen molar-refractivity contribution in [2.45, 2.75) is 39.3 Å². The maximum Gasteiger partial charge on any atom is 0.322 e. The quantitative estimate of drug-likeness (QED) is 0.602. The van der Waals surface area contributed by atoms with Crippen molar-refractivity contribution < 1.29 is 4.79 Å². The molecule has 1 unspecified atom stereocenters. The predicted molar refractivity (Wildman–Crippen MR) is 131 cm³/mol. The summed E-state index contributed by atoms with van der Waals surface area (Å²) in [5.74, 6) is 0.977. The number of pyridine rings is 1. The number of hydrogen-bond acceptors (Lipinski definition) is 9. The van der Waals surface area contributed by atoms with Crippen LogP contribution < -0.4 is 16.0 Å². The second-order valence-corrected chi connectivity index (χ2v) is 9.58. The number of fused-ring (bicyclic) bond motifs is 1. The van der Waals surface area contributed by atoms with Crippen LogP contribution in [0.4, 0.5) is 22.2 Å². The molecular formula is C22H29N9OS. The lowest BCUT2D eigenvalue weighted by Gasteiger charge is -2.40. The molecule has 3 aromatic heterocycles. The lowest BCUT2D eigenvalue weighted by molar-refractivity contribution is 0.200. The lowest BCUT2D eigenvalue weighted by atomic mass is 10.2. The van der Waals surface area contributed by atoms with Crippen molar-refractivity contribution in [1.82, 2.24) is 29.7 Å². The zero-order valence-electron chi connectivity index (χ0n) is 19.0. The SMILES string of the molecule is Cc1nc(CN2CCCC2)ccc1NC(=O)N1CCN(c2nc(N)nc3scnc23)C(C)C1. The van der Waals surface area contributed by atoms with Crippen LogP contribution in [-0.2, 0) is 6.54 Å². The van der Waals surface area contributed by atoms with Gasteiger partial charge in [0.05, 0.1) is 22.6 Å². The van der Waals surface area contributed by atoms with Crippen LogP contribution in [0.1, 0.15) is 31.2 Å². The minimum atomic E-state index is -0.111. The van der Waals surface area contributed by atoms with Crippen LogP contribution >= 0.6 is 11.3 Å². The lowest BCUT2D eigenvalue weighted by Crippen LogP contribution is -2.55. The summed E-state index contributed by atoms with van der Waals surface area (Å²) in [5, 5.41) is 3.05. The van der Waals surface area contributed by atoms with Crippen molar-refractivity contribution in [2.75, 3.05) is 48.7 Å². The Balaban J connectivity index is 1.23. The summed E-state index contributed by atoms with van der Waals surface area (Å²) in [4.78, 5) is 38.0. The molecule has 5 rings (SSSR count). The molecule has 5 heterocycles. The van der Waals surface area contributed by atoms with E-state index in [0.717, 1.165) is 52.9 Å². The van der Waals surface area contributed by atoms with Crippen LogP contribution in [0.25, 0.3) is 10.3 Å². The third-order valence-corrected chi connectivity index (χ3v) is 7.07. The molecule has 11 heteroatoms. The number of carbonyl (C=O) groups excluding carboxylic acids is 1. The van der Waals surface area contributed by atoms with E-state index in [0.29, 0.717) is 19.6 Å². The monoisotopic (exact) mass is 467 g/mol. The topological polar surface area (TPSA) is 116 Å². The van der Waals surface area contributed by atoms with Gasteiger partial charge in [0.1, 0.15) is 5.52 Å². The third-order valence-electron chi connectivity index (χ3n) is 6.35. The van der Waals surface area contributed by atoms with Gasteiger partial charge in [-0.1, -0.05) is 0 Å². The molecule has 2 saturated heterocycles. The molecule has 10 nitrogen and oxygen atoms in total. The van der Waals surface area contributed by atoms with E-state index in [1.54, 1.807) is 5.51 Å². The number of likely N-dealkylation sites (tertiary alicyclic amines) is 1. The molecule has 174 valence electrons.